The van der Waals surface area contributed by atoms with Crippen LogP contribution in [0.15, 0.2) is 214 Å². The molecule has 0 spiro atoms. The summed E-state index contributed by atoms with van der Waals surface area (Å²) in [6, 6.07) is 41.7. The lowest BCUT2D eigenvalue weighted by atomic mass is 9.86. The van der Waals surface area contributed by atoms with E-state index in [0.29, 0.717) is 91.1 Å². The summed E-state index contributed by atoms with van der Waals surface area (Å²) in [6.07, 6.45) is 20.3. The van der Waals surface area contributed by atoms with E-state index in [1.165, 1.54) is 37.4 Å². The maximum absolute atomic E-state index is 12.7. The third-order valence-corrected chi connectivity index (χ3v) is 21.0. The lowest BCUT2D eigenvalue weighted by Crippen LogP contribution is -2.29. The Kier molecular flexibility index (Phi) is 30.0. The number of rotatable bonds is 21. The summed E-state index contributed by atoms with van der Waals surface area (Å²) in [5.41, 5.74) is 13.0. The van der Waals surface area contributed by atoms with Crippen molar-refractivity contribution < 1.29 is 19.2 Å². The van der Waals surface area contributed by atoms with E-state index in [9.17, 15) is 38.4 Å². The number of anilines is 7. The van der Waals surface area contributed by atoms with E-state index in [1.807, 2.05) is 74.8 Å². The van der Waals surface area contributed by atoms with Crippen LogP contribution in [0.3, 0.4) is 0 Å². The maximum atomic E-state index is 12.7. The Morgan fingerprint density at radius 2 is 0.918 bits per heavy atom. The molecule has 0 radical (unpaired) electrons. The smallest absolute Gasteiger partial charge is 0.271 e. The van der Waals surface area contributed by atoms with E-state index in [2.05, 4.69) is 170 Å². The molecule has 2 aliphatic heterocycles. The highest BCUT2D eigenvalue weighted by atomic mass is 32.2. The molecule has 8 aromatic heterocycles. The van der Waals surface area contributed by atoms with Crippen LogP contribution < -0.4 is 69.7 Å². The van der Waals surface area contributed by atoms with Gasteiger partial charge in [0.1, 0.15) is 41.2 Å². The fourth-order valence-corrected chi connectivity index (χ4v) is 13.6. The molecule has 12 N–H and O–H groups in total. The zero-order valence-corrected chi connectivity index (χ0v) is 71.8. The van der Waals surface area contributed by atoms with E-state index < -0.39 is 0 Å². The van der Waals surface area contributed by atoms with Gasteiger partial charge in [0.25, 0.3) is 45.9 Å². The number of likely N-dealkylation sites (N-methyl/N-ethyl adjacent to an activating group) is 1. The fraction of sp³-hybridized carbons (Fsp3) is 0.304. The molecule has 1 atom stereocenters. The summed E-state index contributed by atoms with van der Waals surface area (Å²) in [4.78, 5) is 147. The van der Waals surface area contributed by atoms with Crippen LogP contribution in [0.2, 0.25) is 0 Å². The highest BCUT2D eigenvalue weighted by Crippen LogP contribution is 2.30. The van der Waals surface area contributed by atoms with E-state index in [4.69, 9.17) is 0 Å². The fourth-order valence-electron chi connectivity index (χ4n) is 13.2. The molecule has 4 aromatic carbocycles. The predicted molar refractivity (Wildman–Crippen MR) is 485 cm³/mol. The first-order chi connectivity index (χ1) is 58.4. The van der Waals surface area contributed by atoms with Crippen molar-refractivity contribution in [2.24, 2.45) is 5.92 Å². The minimum absolute atomic E-state index is 0.00120. The van der Waals surface area contributed by atoms with Crippen LogP contribution in [0.25, 0.3) is 45.0 Å². The minimum Gasteiger partial charge on any atom is -0.372 e. The van der Waals surface area contributed by atoms with Gasteiger partial charge in [-0.3, -0.25) is 38.4 Å². The standard InChI is InChI=1S/C25H29N5O2.C23H28N6O2.C22H24N6O2.C22H24N4O2S/c1-25(2,3)19-6-4-17(5-7-19)23(31)30-22-11-18(14-27-24(22)32)21-12-20(28-15-29-21)10-16-8-9-26-13-16;1-23(2,3)17-7-5-15(6-8-17)21(30)29-19-11-16(13-26-22(19)31)18-12-20(28-14-27-18)25-10-9-24-4;1-23-22-24-10-9-18(27-22)16-13-19(21(30)25-14-16)26-20(29)15-5-7-17(8-6-15)28-11-3-2-4-12-28;1-13-11-24-21(29-5)26-18(13)15-10-17(20(28)23-12-15)25-19(27)14-6-8-16(9-7-14)22(2,3)4/h4-7,11-12,14-16,26H,8-10,13H2,1-3H3,(H,27,32)(H,30,31);5-8,11-14,24H,9-10H2,1-4H3,(H,26,31)(H,29,30)(H,25,27,28);5-10,13-14H,2-4,11-12H2,1H3,(H,25,30)(H,26,29)(H,23,24,27);6-12H,1-5H3,(H,23,28)(H,25,27). The van der Waals surface area contributed by atoms with Gasteiger partial charge in [-0.1, -0.05) is 110 Å². The second kappa shape index (κ2) is 41.0. The maximum Gasteiger partial charge on any atom is 0.271 e. The van der Waals surface area contributed by atoms with Crippen LogP contribution in [-0.4, -0.2) is 143 Å². The van der Waals surface area contributed by atoms with Crippen LogP contribution in [0.4, 0.5) is 40.2 Å². The number of nitrogens with zero attached hydrogens (tertiary/aromatic N) is 9. The van der Waals surface area contributed by atoms with Gasteiger partial charge in [-0.25, -0.2) is 39.9 Å². The molecule has 0 aliphatic carbocycles. The number of amides is 4. The number of hydrogen-bond acceptors (Lipinski definition) is 22. The number of carbonyl (C=O) groups is 4. The molecule has 2 aliphatic rings. The Morgan fingerprint density at radius 1 is 0.484 bits per heavy atom. The molecule has 122 heavy (non-hydrogen) atoms. The van der Waals surface area contributed by atoms with Crippen LogP contribution in [0.1, 0.15) is 157 Å². The third-order valence-electron chi connectivity index (χ3n) is 20.4. The van der Waals surface area contributed by atoms with E-state index in [-0.39, 0.29) is 84.9 Å². The van der Waals surface area contributed by atoms with Crippen molar-refractivity contribution in [3.05, 3.63) is 281 Å². The van der Waals surface area contributed by atoms with E-state index >= 15 is 0 Å². The molecule has 0 saturated carbocycles. The molecule has 632 valence electrons. The Hall–Kier alpha value is -13.5. The van der Waals surface area contributed by atoms with E-state index in [1.54, 1.807) is 135 Å². The lowest BCUT2D eigenvalue weighted by Gasteiger charge is -2.28. The summed E-state index contributed by atoms with van der Waals surface area (Å²) in [6.45, 7) is 26.6. The second-order valence-electron chi connectivity index (χ2n) is 32.6. The number of pyridine rings is 4. The quantitative estimate of drug-likeness (QED) is 0.0181. The average molecular weight is 1670 g/mol. The molecule has 29 nitrogen and oxygen atoms in total. The van der Waals surface area contributed by atoms with Crippen LogP contribution >= 0.6 is 11.8 Å². The van der Waals surface area contributed by atoms with Gasteiger partial charge in [0.15, 0.2) is 5.16 Å². The highest BCUT2D eigenvalue weighted by molar-refractivity contribution is 7.98. The number of carbonyl (C=O) groups excluding carboxylic acids is 4. The number of nitrogens with one attached hydrogen (secondary N) is 12. The van der Waals surface area contributed by atoms with Crippen LogP contribution in [0, 0.1) is 12.8 Å². The van der Waals surface area contributed by atoms with Crippen molar-refractivity contribution in [2.75, 3.05) is 96.4 Å². The minimum atomic E-state index is -0.384. The number of piperidine rings is 1. The highest BCUT2D eigenvalue weighted by Gasteiger charge is 2.23. The molecule has 30 heteroatoms. The number of benzene rings is 4. The number of aromatic amines is 4. The summed E-state index contributed by atoms with van der Waals surface area (Å²) < 4.78 is 0. The topological polar surface area (TPSA) is 402 Å². The lowest BCUT2D eigenvalue weighted by molar-refractivity contribution is 0.101. The molecule has 14 rings (SSSR count). The van der Waals surface area contributed by atoms with Crippen LogP contribution in [-0.2, 0) is 22.7 Å². The number of aryl methyl sites for hydroxylation is 1. The first-order valence-electron chi connectivity index (χ1n) is 40.3. The molecular formula is C92H105N21O8S. The van der Waals surface area contributed by atoms with Gasteiger partial charge in [0.05, 0.1) is 22.8 Å². The van der Waals surface area contributed by atoms with Crippen molar-refractivity contribution >= 4 is 75.6 Å². The molecule has 0 bridgehead atoms. The molecule has 4 amide bonds. The molecule has 2 saturated heterocycles. The predicted octanol–water partition coefficient (Wildman–Crippen LogP) is 14.1. The van der Waals surface area contributed by atoms with Gasteiger partial charge in [-0.15, -0.1) is 0 Å². The Morgan fingerprint density at radius 3 is 1.35 bits per heavy atom. The molecule has 2 fully saturated rings. The van der Waals surface area contributed by atoms with Crippen molar-refractivity contribution in [3.8, 4) is 45.0 Å². The third kappa shape index (κ3) is 24.6. The van der Waals surface area contributed by atoms with Crippen molar-refractivity contribution in [3.63, 3.8) is 0 Å². The van der Waals surface area contributed by atoms with Crippen LogP contribution in [0.5, 0.6) is 0 Å². The Balaban J connectivity index is 0.000000159. The molecule has 10 heterocycles. The normalized spacial score (nSPS) is 13.2. The zero-order chi connectivity index (χ0) is 87.3. The largest absolute Gasteiger partial charge is 0.372 e. The van der Waals surface area contributed by atoms with Gasteiger partial charge in [-0.05, 0) is 207 Å². The van der Waals surface area contributed by atoms with Crippen molar-refractivity contribution in [2.45, 2.75) is 123 Å². The number of thioether (sulfide) groups is 1. The summed E-state index contributed by atoms with van der Waals surface area (Å²) in [5.74, 6) is 0.381. The van der Waals surface area contributed by atoms with Gasteiger partial charge in [-0.2, -0.15) is 0 Å². The molecule has 1 unspecified atom stereocenters. The summed E-state index contributed by atoms with van der Waals surface area (Å²) in [7, 11) is 3.61. The molecular weight excluding hydrogens is 1560 g/mol. The first-order valence-corrected chi connectivity index (χ1v) is 41.6. The van der Waals surface area contributed by atoms with E-state index in [0.717, 1.165) is 84.8 Å². The molecule has 12 aromatic rings. The average Bonchev–Trinajstić information content (AvgIpc) is 0.987. The van der Waals surface area contributed by atoms with Crippen molar-refractivity contribution in [1.29, 1.82) is 0 Å². The van der Waals surface area contributed by atoms with Gasteiger partial charge >= 0.3 is 0 Å². The summed E-state index contributed by atoms with van der Waals surface area (Å²) >= 11 is 1.44. The Labute approximate surface area is 712 Å². The SMILES string of the molecule is CC(C)(C)c1ccc(C(=O)Nc2cc(-c3cc(CC4CCNC4)ncn3)c[nH]c2=O)cc1.CNCCNc1cc(-c2c[nH]c(=O)c(NC(=O)c3ccc(C(C)(C)C)cc3)c2)ncn1.CNc1nccc(-c2c[nH]c(=O)c(NC(=O)c3ccc(N4CCCCC4)cc3)c2)n1.CSc1ncc(C)c(-c2c[nH]c(=O)c(NC(=O)c3ccc(C(C)(C)C)cc3)c2)n1. The van der Waals surface area contributed by atoms with Gasteiger partial charge in [0, 0.05) is 132 Å². The first kappa shape index (κ1) is 89.3. The zero-order valence-electron chi connectivity index (χ0n) is 71.0. The monoisotopic (exact) mass is 1660 g/mol. The summed E-state index contributed by atoms with van der Waals surface area (Å²) in [5, 5.41) is 24.0. The Bertz CT molecular complexity index is 5880. The van der Waals surface area contributed by atoms with Gasteiger partial charge in [0.2, 0.25) is 5.95 Å². The number of H-pyrrole nitrogens is 4. The van der Waals surface area contributed by atoms with Gasteiger partial charge < -0.3 is 67.4 Å². The second-order valence-corrected chi connectivity index (χ2v) is 33.4. The number of hydrogen-bond donors (Lipinski definition) is 12. The van der Waals surface area contributed by atoms with Crippen molar-refractivity contribution in [1.82, 2.24) is 70.4 Å². The number of aromatic nitrogens is 12.